The van der Waals surface area contributed by atoms with Crippen molar-refractivity contribution < 1.29 is 9.90 Å². The number of nitrogens with zero attached hydrogens (tertiary/aromatic N) is 1. The highest BCUT2D eigenvalue weighted by Gasteiger charge is 2.13. The van der Waals surface area contributed by atoms with Gasteiger partial charge in [-0.2, -0.15) is 0 Å². The minimum absolute atomic E-state index is 0.0563. The Labute approximate surface area is 67.2 Å². The molecule has 0 saturated carbocycles. The molecule has 0 bridgehead atoms. The first kappa shape index (κ1) is 10.2. The van der Waals surface area contributed by atoms with Gasteiger partial charge in [0.15, 0.2) is 0 Å². The molecule has 0 aliphatic carbocycles. The quantitative estimate of drug-likeness (QED) is 0.633. The van der Waals surface area contributed by atoms with Crippen molar-refractivity contribution in [1.29, 1.82) is 0 Å². The van der Waals surface area contributed by atoms with Crippen molar-refractivity contribution in [3.05, 3.63) is 0 Å². The maximum Gasteiger partial charge on any atom is 0.407 e. The Morgan fingerprint density at radius 2 is 2.18 bits per heavy atom. The fourth-order valence-electron chi connectivity index (χ4n) is 0.807. The highest BCUT2D eigenvalue weighted by molar-refractivity contribution is 5.65. The first-order chi connectivity index (χ1) is 5.09. The third-order valence-corrected chi connectivity index (χ3v) is 1.47. The van der Waals surface area contributed by atoms with Crippen molar-refractivity contribution in [2.75, 3.05) is 20.1 Å². The molecule has 0 aromatic rings. The summed E-state index contributed by atoms with van der Waals surface area (Å²) in [7, 11) is 1.81. The smallest absolute Gasteiger partial charge is 0.407 e. The van der Waals surface area contributed by atoms with Crippen molar-refractivity contribution in [1.82, 2.24) is 10.2 Å². The van der Waals surface area contributed by atoms with Crippen LogP contribution >= 0.6 is 0 Å². The maximum absolute atomic E-state index is 10.5. The van der Waals surface area contributed by atoms with Crippen LogP contribution in [0.3, 0.4) is 0 Å². The van der Waals surface area contributed by atoms with E-state index in [1.165, 1.54) is 4.90 Å². The topological polar surface area (TPSA) is 52.6 Å². The number of likely N-dealkylation sites (N-methyl/N-ethyl adjacent to an activating group) is 1. The zero-order chi connectivity index (χ0) is 8.85. The average molecular weight is 160 g/mol. The second-order valence-electron chi connectivity index (χ2n) is 2.67. The lowest BCUT2D eigenvalue weighted by Gasteiger charge is -2.22. The molecule has 1 amide bonds. The molecule has 0 aromatic carbocycles. The molecule has 0 saturated heterocycles. The van der Waals surface area contributed by atoms with Crippen molar-refractivity contribution >= 4 is 6.09 Å². The van der Waals surface area contributed by atoms with Crippen molar-refractivity contribution in [3.8, 4) is 0 Å². The lowest BCUT2D eigenvalue weighted by Crippen LogP contribution is -2.39. The molecule has 0 rings (SSSR count). The van der Waals surface area contributed by atoms with Crippen LogP contribution in [-0.4, -0.2) is 42.3 Å². The molecule has 4 heteroatoms. The number of hydrogen-bond donors (Lipinski definition) is 2. The number of nitrogens with one attached hydrogen (secondary N) is 1. The van der Waals surface area contributed by atoms with Crippen LogP contribution < -0.4 is 5.32 Å². The molecule has 0 spiro atoms. The van der Waals surface area contributed by atoms with Crippen LogP contribution in [0.2, 0.25) is 0 Å². The Kier molecular flexibility index (Phi) is 4.61. The SMILES string of the molecule is CNCCN(C(=O)O)C(C)C. The fourth-order valence-corrected chi connectivity index (χ4v) is 0.807. The van der Waals surface area contributed by atoms with Gasteiger partial charge in [-0.3, -0.25) is 0 Å². The van der Waals surface area contributed by atoms with Crippen LogP contribution in [0.1, 0.15) is 13.8 Å². The van der Waals surface area contributed by atoms with Crippen LogP contribution in [-0.2, 0) is 0 Å². The molecule has 0 aromatic heterocycles. The highest BCUT2D eigenvalue weighted by atomic mass is 16.4. The van der Waals surface area contributed by atoms with Gasteiger partial charge in [-0.1, -0.05) is 0 Å². The average Bonchev–Trinajstić information content (AvgIpc) is 1.87. The Bertz CT molecular complexity index is 126. The molecule has 11 heavy (non-hydrogen) atoms. The molecule has 0 atom stereocenters. The first-order valence-corrected chi connectivity index (χ1v) is 3.73. The van der Waals surface area contributed by atoms with Gasteiger partial charge < -0.3 is 15.3 Å². The van der Waals surface area contributed by atoms with Gasteiger partial charge in [0.1, 0.15) is 0 Å². The molecule has 0 aliphatic heterocycles. The number of rotatable bonds is 4. The Morgan fingerprint density at radius 3 is 2.45 bits per heavy atom. The summed E-state index contributed by atoms with van der Waals surface area (Å²) < 4.78 is 0. The fraction of sp³-hybridized carbons (Fsp3) is 0.857. The van der Waals surface area contributed by atoms with E-state index in [-0.39, 0.29) is 6.04 Å². The van der Waals surface area contributed by atoms with Gasteiger partial charge in [0.05, 0.1) is 0 Å². The monoisotopic (exact) mass is 160 g/mol. The van der Waals surface area contributed by atoms with E-state index in [0.29, 0.717) is 13.1 Å². The summed E-state index contributed by atoms with van der Waals surface area (Å²) >= 11 is 0. The van der Waals surface area contributed by atoms with Crippen LogP contribution in [0.4, 0.5) is 4.79 Å². The summed E-state index contributed by atoms with van der Waals surface area (Å²) in [5.74, 6) is 0. The van der Waals surface area contributed by atoms with Gasteiger partial charge in [0.25, 0.3) is 0 Å². The minimum atomic E-state index is -0.852. The third kappa shape index (κ3) is 3.83. The van der Waals surface area contributed by atoms with Gasteiger partial charge >= 0.3 is 6.09 Å². The normalized spacial score (nSPS) is 10.2. The zero-order valence-corrected chi connectivity index (χ0v) is 7.29. The van der Waals surface area contributed by atoms with Crippen molar-refractivity contribution in [2.24, 2.45) is 0 Å². The van der Waals surface area contributed by atoms with Gasteiger partial charge in [-0.05, 0) is 20.9 Å². The molecule has 0 unspecified atom stereocenters. The van der Waals surface area contributed by atoms with Crippen LogP contribution in [0, 0.1) is 0 Å². The number of carboxylic acid groups (broad SMARTS) is 1. The highest BCUT2D eigenvalue weighted by Crippen LogP contribution is 1.96. The van der Waals surface area contributed by atoms with Gasteiger partial charge in [-0.15, -0.1) is 0 Å². The second kappa shape index (κ2) is 4.96. The van der Waals surface area contributed by atoms with E-state index in [1.54, 1.807) is 7.05 Å². The Balaban J connectivity index is 3.80. The van der Waals surface area contributed by atoms with Crippen molar-refractivity contribution in [2.45, 2.75) is 19.9 Å². The van der Waals surface area contributed by atoms with E-state index in [0.717, 1.165) is 0 Å². The molecular weight excluding hydrogens is 144 g/mol. The number of amides is 1. The number of hydrogen-bond acceptors (Lipinski definition) is 2. The number of carbonyl (C=O) groups is 1. The summed E-state index contributed by atoms with van der Waals surface area (Å²) in [5, 5.41) is 11.6. The molecule has 4 nitrogen and oxygen atoms in total. The first-order valence-electron chi connectivity index (χ1n) is 3.73. The standard InChI is InChI=1S/C7H16N2O2/c1-6(2)9(7(10)11)5-4-8-3/h6,8H,4-5H2,1-3H3,(H,10,11). The summed E-state index contributed by atoms with van der Waals surface area (Å²) in [5.41, 5.74) is 0. The lowest BCUT2D eigenvalue weighted by molar-refractivity contribution is 0.132. The lowest BCUT2D eigenvalue weighted by atomic mass is 10.3. The molecule has 2 N–H and O–H groups in total. The largest absolute Gasteiger partial charge is 0.465 e. The van der Waals surface area contributed by atoms with E-state index in [2.05, 4.69) is 5.32 Å². The van der Waals surface area contributed by atoms with E-state index in [1.807, 2.05) is 13.8 Å². The van der Waals surface area contributed by atoms with Gasteiger partial charge in [0.2, 0.25) is 0 Å². The second-order valence-corrected chi connectivity index (χ2v) is 2.67. The van der Waals surface area contributed by atoms with Crippen LogP contribution in [0.15, 0.2) is 0 Å². The molecule has 0 radical (unpaired) electrons. The van der Waals surface area contributed by atoms with E-state index >= 15 is 0 Å². The predicted molar refractivity (Wildman–Crippen MR) is 43.8 cm³/mol. The van der Waals surface area contributed by atoms with Crippen molar-refractivity contribution in [3.63, 3.8) is 0 Å². The van der Waals surface area contributed by atoms with E-state index < -0.39 is 6.09 Å². The molecular formula is C7H16N2O2. The van der Waals surface area contributed by atoms with Crippen LogP contribution in [0.25, 0.3) is 0 Å². The molecule has 0 aliphatic rings. The molecule has 66 valence electrons. The minimum Gasteiger partial charge on any atom is -0.465 e. The summed E-state index contributed by atoms with van der Waals surface area (Å²) in [6.07, 6.45) is -0.852. The summed E-state index contributed by atoms with van der Waals surface area (Å²) in [6, 6.07) is 0.0563. The van der Waals surface area contributed by atoms with Crippen LogP contribution in [0.5, 0.6) is 0 Å². The summed E-state index contributed by atoms with van der Waals surface area (Å²) in [6.45, 7) is 4.97. The summed E-state index contributed by atoms with van der Waals surface area (Å²) in [4.78, 5) is 11.9. The Morgan fingerprint density at radius 1 is 1.64 bits per heavy atom. The molecule has 0 heterocycles. The van der Waals surface area contributed by atoms with Gasteiger partial charge in [0, 0.05) is 19.1 Å². The van der Waals surface area contributed by atoms with E-state index in [9.17, 15) is 4.79 Å². The maximum atomic E-state index is 10.5. The van der Waals surface area contributed by atoms with E-state index in [4.69, 9.17) is 5.11 Å². The zero-order valence-electron chi connectivity index (χ0n) is 7.29. The molecule has 0 fully saturated rings. The predicted octanol–water partition coefficient (Wildman–Crippen LogP) is 0.594. The van der Waals surface area contributed by atoms with Gasteiger partial charge in [-0.25, -0.2) is 4.79 Å². The Hall–Kier alpha value is -0.770. The third-order valence-electron chi connectivity index (χ3n) is 1.47.